The van der Waals surface area contributed by atoms with Gasteiger partial charge in [0.15, 0.2) is 7.14 Å². The molecule has 0 amide bonds. The fraction of sp³-hybridized carbons (Fsp3) is 0.0667. The highest BCUT2D eigenvalue weighted by atomic mass is 31.2. The van der Waals surface area contributed by atoms with Crippen molar-refractivity contribution in [3.05, 3.63) is 120 Å². The van der Waals surface area contributed by atoms with Gasteiger partial charge >= 0.3 is 0 Å². The number of benzene rings is 5. The van der Waals surface area contributed by atoms with E-state index in [1.165, 1.54) is 5.22 Å². The topological polar surface area (TPSA) is 17.1 Å². The highest BCUT2D eigenvalue weighted by Crippen LogP contribution is 2.56. The highest BCUT2D eigenvalue weighted by molar-refractivity contribution is 7.88. The lowest BCUT2D eigenvalue weighted by Crippen LogP contribution is -2.32. The molecule has 154 valence electrons. The third kappa shape index (κ3) is 2.89. The van der Waals surface area contributed by atoms with Crippen molar-refractivity contribution in [2.45, 2.75) is 12.8 Å². The van der Waals surface area contributed by atoms with Gasteiger partial charge in [-0.3, -0.25) is 0 Å². The molecule has 0 aliphatic heterocycles. The van der Waals surface area contributed by atoms with Crippen molar-refractivity contribution in [2.24, 2.45) is 0 Å². The summed E-state index contributed by atoms with van der Waals surface area (Å²) in [7, 11) is -3.13. The van der Waals surface area contributed by atoms with Crippen molar-refractivity contribution >= 4 is 50.7 Å². The predicted octanol–water partition coefficient (Wildman–Crippen LogP) is 5.69. The molecule has 2 heteroatoms. The minimum atomic E-state index is -3.13. The van der Waals surface area contributed by atoms with Crippen LogP contribution in [0.5, 0.6) is 0 Å². The van der Waals surface area contributed by atoms with Crippen LogP contribution in [-0.4, -0.2) is 0 Å². The minimum Gasteiger partial charge on any atom is -0.309 e. The van der Waals surface area contributed by atoms with Crippen LogP contribution in [0.25, 0.3) is 32.9 Å². The lowest BCUT2D eigenvalue weighted by molar-refractivity contribution is 0.592. The van der Waals surface area contributed by atoms with Crippen LogP contribution in [0.15, 0.2) is 109 Å². The Morgan fingerprint density at radius 3 is 1.75 bits per heavy atom. The Balaban J connectivity index is 1.83. The van der Waals surface area contributed by atoms with Crippen molar-refractivity contribution in [1.29, 1.82) is 0 Å². The maximum Gasteiger partial charge on any atom is 0.169 e. The molecule has 6 rings (SSSR count). The average Bonchev–Trinajstić information content (AvgIpc) is 2.87. The number of fused-ring (bicyclic) bond motifs is 3. The molecule has 0 N–H and O–H groups in total. The molecule has 0 aromatic heterocycles. The number of hydrogen-bond donors (Lipinski definition) is 0. The van der Waals surface area contributed by atoms with Crippen LogP contribution in [0.3, 0.4) is 0 Å². The van der Waals surface area contributed by atoms with Crippen LogP contribution in [0.2, 0.25) is 0 Å². The highest BCUT2D eigenvalue weighted by Gasteiger charge is 2.35. The van der Waals surface area contributed by atoms with Gasteiger partial charge in [0.05, 0.1) is 0 Å². The summed E-state index contributed by atoms with van der Waals surface area (Å²) in [6.07, 6.45) is 3.99. The molecule has 0 atom stereocenters. The van der Waals surface area contributed by atoms with E-state index in [1.807, 2.05) is 24.3 Å². The lowest BCUT2D eigenvalue weighted by Gasteiger charge is -2.27. The monoisotopic (exact) mass is 430 g/mol. The molecule has 0 radical (unpaired) electrons. The fourth-order valence-corrected chi connectivity index (χ4v) is 8.66. The second-order valence-electron chi connectivity index (χ2n) is 8.38. The summed E-state index contributed by atoms with van der Waals surface area (Å²) >= 11 is 0. The summed E-state index contributed by atoms with van der Waals surface area (Å²) in [6, 6.07) is 37.6. The van der Waals surface area contributed by atoms with E-state index in [9.17, 15) is 0 Å². The van der Waals surface area contributed by atoms with Crippen LogP contribution in [0.4, 0.5) is 0 Å². The molecule has 0 fully saturated rings. The molecule has 5 aromatic carbocycles. The molecule has 5 aromatic rings. The summed E-state index contributed by atoms with van der Waals surface area (Å²) in [5.74, 6) is 0. The molecule has 0 heterocycles. The zero-order valence-corrected chi connectivity index (χ0v) is 18.6. The molecular weight excluding hydrogens is 407 g/mol. The Morgan fingerprint density at radius 2 is 1.09 bits per heavy atom. The maximum atomic E-state index is 15.7. The molecule has 1 nitrogen and oxygen atoms in total. The maximum absolute atomic E-state index is 15.7. The van der Waals surface area contributed by atoms with Crippen LogP contribution < -0.4 is 21.0 Å². The Kier molecular flexibility index (Phi) is 4.59. The minimum absolute atomic E-state index is 0.806. The van der Waals surface area contributed by atoms with E-state index < -0.39 is 7.14 Å². The molecular formula is C30H23OP. The van der Waals surface area contributed by atoms with Crippen molar-refractivity contribution in [3.63, 3.8) is 0 Å². The van der Waals surface area contributed by atoms with Gasteiger partial charge in [-0.1, -0.05) is 115 Å². The summed E-state index contributed by atoms with van der Waals surface area (Å²) in [5, 5.41) is 9.68. The lowest BCUT2D eigenvalue weighted by atomic mass is 10.1. The molecule has 0 saturated heterocycles. The van der Waals surface area contributed by atoms with Crippen LogP contribution >= 0.6 is 7.14 Å². The summed E-state index contributed by atoms with van der Waals surface area (Å²) < 4.78 is 15.7. The zero-order chi connectivity index (χ0) is 21.5. The van der Waals surface area contributed by atoms with E-state index in [4.69, 9.17) is 0 Å². The van der Waals surface area contributed by atoms with E-state index in [-0.39, 0.29) is 0 Å². The van der Waals surface area contributed by atoms with Crippen LogP contribution in [0, 0.1) is 0 Å². The molecule has 1 aliphatic rings. The second kappa shape index (κ2) is 7.62. The third-order valence-electron chi connectivity index (χ3n) is 6.61. The molecule has 1 aliphatic carbocycles. The molecule has 32 heavy (non-hydrogen) atoms. The van der Waals surface area contributed by atoms with E-state index >= 15 is 4.57 Å². The van der Waals surface area contributed by atoms with E-state index in [0.717, 1.165) is 55.5 Å². The Bertz CT molecular complexity index is 1570. The van der Waals surface area contributed by atoms with Gasteiger partial charge in [0.25, 0.3) is 0 Å². The van der Waals surface area contributed by atoms with E-state index in [0.29, 0.717) is 0 Å². The van der Waals surface area contributed by atoms with Gasteiger partial charge in [-0.25, -0.2) is 0 Å². The van der Waals surface area contributed by atoms with Gasteiger partial charge in [-0.05, 0) is 44.8 Å². The van der Waals surface area contributed by atoms with Crippen molar-refractivity contribution in [3.8, 4) is 0 Å². The Morgan fingerprint density at radius 1 is 0.562 bits per heavy atom. The normalized spacial score (nSPS) is 13.7. The quantitative estimate of drug-likeness (QED) is 0.336. The van der Waals surface area contributed by atoms with Crippen molar-refractivity contribution < 1.29 is 4.57 Å². The first kappa shape index (κ1) is 19.3. The van der Waals surface area contributed by atoms with E-state index in [1.54, 1.807) is 0 Å². The standard InChI is InChI=1S/C30H23OP/c31-32(28-19-7-13-22-10-1-4-16-25(22)28,29-20-8-14-23-11-2-5-17-26(23)29)30-21-9-15-24-12-3-6-18-27(24)30/h1-8,10-20H,9,21H2. The number of rotatable bonds is 3. The molecule has 0 saturated carbocycles. The van der Waals surface area contributed by atoms with Crippen LogP contribution in [0.1, 0.15) is 12.8 Å². The predicted molar refractivity (Wildman–Crippen MR) is 138 cm³/mol. The van der Waals surface area contributed by atoms with Gasteiger partial charge in [0, 0.05) is 15.9 Å². The van der Waals surface area contributed by atoms with Crippen LogP contribution in [-0.2, 0) is 4.57 Å². The van der Waals surface area contributed by atoms with Crippen molar-refractivity contribution in [2.75, 3.05) is 0 Å². The fourth-order valence-electron chi connectivity index (χ4n) is 5.15. The second-order valence-corrected chi connectivity index (χ2v) is 11.1. The third-order valence-corrected chi connectivity index (χ3v) is 9.97. The smallest absolute Gasteiger partial charge is 0.169 e. The average molecular weight is 430 g/mol. The Labute approximate surface area is 187 Å². The SMILES string of the molecule is O=P(C1=c2ccccc2=CCC1)(c1cccc2ccccc12)c1cccc2ccccc12. The first-order chi connectivity index (χ1) is 15.8. The first-order valence-corrected chi connectivity index (χ1v) is 12.8. The number of hydrogen-bond acceptors (Lipinski definition) is 1. The zero-order valence-electron chi connectivity index (χ0n) is 17.7. The van der Waals surface area contributed by atoms with Crippen molar-refractivity contribution in [1.82, 2.24) is 0 Å². The summed E-state index contributed by atoms with van der Waals surface area (Å²) in [6.45, 7) is 0. The Hall–Kier alpha value is -3.41. The summed E-state index contributed by atoms with van der Waals surface area (Å²) in [5.41, 5.74) is 0. The molecule has 0 unspecified atom stereocenters. The van der Waals surface area contributed by atoms with Gasteiger partial charge < -0.3 is 4.57 Å². The first-order valence-electron chi connectivity index (χ1n) is 11.1. The molecule has 0 spiro atoms. The van der Waals surface area contributed by atoms with Gasteiger partial charge in [0.2, 0.25) is 0 Å². The van der Waals surface area contributed by atoms with E-state index in [2.05, 4.69) is 91.0 Å². The van der Waals surface area contributed by atoms with Gasteiger partial charge in [-0.15, -0.1) is 0 Å². The largest absolute Gasteiger partial charge is 0.309 e. The molecule has 0 bridgehead atoms. The van der Waals surface area contributed by atoms with Gasteiger partial charge in [0.1, 0.15) is 0 Å². The van der Waals surface area contributed by atoms with Gasteiger partial charge in [-0.2, -0.15) is 0 Å². The summed E-state index contributed by atoms with van der Waals surface area (Å²) in [4.78, 5) is 0.